The van der Waals surface area contributed by atoms with E-state index in [1.807, 2.05) is 24.8 Å². The van der Waals surface area contributed by atoms with Crippen molar-refractivity contribution in [2.75, 3.05) is 36.0 Å². The van der Waals surface area contributed by atoms with Crippen molar-refractivity contribution in [2.24, 2.45) is 0 Å². The molecule has 0 aliphatic carbocycles. The summed E-state index contributed by atoms with van der Waals surface area (Å²) >= 11 is 0. The normalized spacial score (nSPS) is 16.1. The number of nitrogens with zero attached hydrogens (tertiary/aromatic N) is 6. The third kappa shape index (κ3) is 3.16. The summed E-state index contributed by atoms with van der Waals surface area (Å²) in [5.74, 6) is 1.78. The van der Waals surface area contributed by atoms with Gasteiger partial charge in [0.15, 0.2) is 0 Å². The fourth-order valence-electron chi connectivity index (χ4n) is 4.13. The van der Waals surface area contributed by atoms with Gasteiger partial charge in [-0.2, -0.15) is 0 Å². The van der Waals surface area contributed by atoms with Crippen molar-refractivity contribution >= 4 is 11.6 Å². The van der Waals surface area contributed by atoms with Crippen LogP contribution in [0, 0.1) is 0 Å². The monoisotopic (exact) mass is 360 g/mol. The molecule has 0 amide bonds. The van der Waals surface area contributed by atoms with E-state index in [0.29, 0.717) is 0 Å². The Balaban J connectivity index is 1.30. The van der Waals surface area contributed by atoms with E-state index in [9.17, 15) is 0 Å². The first-order chi connectivity index (χ1) is 13.4. The summed E-state index contributed by atoms with van der Waals surface area (Å²) in [6.45, 7) is 5.10. The molecule has 1 saturated heterocycles. The van der Waals surface area contributed by atoms with E-state index < -0.39 is 0 Å². The molecule has 0 atom stereocenters. The first-order valence-corrected chi connectivity index (χ1v) is 9.80. The quantitative estimate of drug-likeness (QED) is 0.700. The lowest BCUT2D eigenvalue weighted by atomic mass is 10.2. The summed E-state index contributed by atoms with van der Waals surface area (Å²) in [5.41, 5.74) is 3.80. The minimum Gasteiger partial charge on any atom is -0.369 e. The Hall–Kier alpha value is -2.89. The summed E-state index contributed by atoms with van der Waals surface area (Å²) in [7, 11) is 0. The van der Waals surface area contributed by atoms with Crippen LogP contribution in [0.2, 0.25) is 0 Å². The molecule has 0 spiro atoms. The Kier molecular flexibility index (Phi) is 4.24. The molecule has 6 heteroatoms. The lowest BCUT2D eigenvalue weighted by Crippen LogP contribution is -2.25. The predicted octanol–water partition coefficient (Wildman–Crippen LogP) is 3.00. The SMILES string of the molecule is c1ccc2c(c1)CCN2CCn1ccnc1-c1cnc(N2CCCC2)nc1. The molecule has 2 aromatic heterocycles. The van der Waals surface area contributed by atoms with Gasteiger partial charge in [0, 0.05) is 63.2 Å². The van der Waals surface area contributed by atoms with Gasteiger partial charge in [0.05, 0.1) is 5.56 Å². The number of aromatic nitrogens is 4. The standard InChI is InChI=1S/C21H24N6/c1-2-6-19-17(5-1)7-11-25(19)13-14-26-12-8-22-20(26)18-15-23-21(24-16-18)27-9-3-4-10-27/h1-2,5-6,8,12,15-16H,3-4,7,9-11,13-14H2. The Morgan fingerprint density at radius 2 is 1.70 bits per heavy atom. The lowest BCUT2D eigenvalue weighted by Gasteiger charge is -2.20. The van der Waals surface area contributed by atoms with Crippen molar-refractivity contribution in [3.8, 4) is 11.4 Å². The molecule has 2 aliphatic rings. The highest BCUT2D eigenvalue weighted by atomic mass is 15.3. The van der Waals surface area contributed by atoms with Gasteiger partial charge in [-0.1, -0.05) is 18.2 Å². The smallest absolute Gasteiger partial charge is 0.225 e. The van der Waals surface area contributed by atoms with E-state index in [0.717, 1.165) is 56.5 Å². The fourth-order valence-corrected chi connectivity index (χ4v) is 4.13. The van der Waals surface area contributed by atoms with Gasteiger partial charge in [0.25, 0.3) is 0 Å². The van der Waals surface area contributed by atoms with E-state index in [-0.39, 0.29) is 0 Å². The zero-order valence-corrected chi connectivity index (χ0v) is 15.5. The van der Waals surface area contributed by atoms with Gasteiger partial charge < -0.3 is 14.4 Å². The zero-order valence-electron chi connectivity index (χ0n) is 15.5. The maximum absolute atomic E-state index is 4.58. The van der Waals surface area contributed by atoms with Gasteiger partial charge in [-0.3, -0.25) is 0 Å². The second-order valence-electron chi connectivity index (χ2n) is 7.28. The van der Waals surface area contributed by atoms with Crippen LogP contribution >= 0.6 is 0 Å². The average molecular weight is 360 g/mol. The minimum absolute atomic E-state index is 0.836. The van der Waals surface area contributed by atoms with Gasteiger partial charge in [-0.25, -0.2) is 15.0 Å². The highest BCUT2D eigenvalue weighted by Crippen LogP contribution is 2.27. The summed E-state index contributed by atoms with van der Waals surface area (Å²) in [4.78, 5) is 18.4. The topological polar surface area (TPSA) is 50.1 Å². The van der Waals surface area contributed by atoms with E-state index in [2.05, 4.69) is 53.6 Å². The van der Waals surface area contributed by atoms with Gasteiger partial charge in [0.2, 0.25) is 5.95 Å². The molecular formula is C21H24N6. The molecular weight excluding hydrogens is 336 g/mol. The number of hydrogen-bond acceptors (Lipinski definition) is 5. The largest absolute Gasteiger partial charge is 0.369 e. The molecule has 1 aromatic carbocycles. The Bertz CT molecular complexity index is 910. The Morgan fingerprint density at radius 3 is 2.56 bits per heavy atom. The van der Waals surface area contributed by atoms with Crippen molar-refractivity contribution < 1.29 is 0 Å². The Labute approximate surface area is 159 Å². The van der Waals surface area contributed by atoms with E-state index >= 15 is 0 Å². The van der Waals surface area contributed by atoms with Crippen LogP contribution in [-0.2, 0) is 13.0 Å². The Morgan fingerprint density at radius 1 is 0.889 bits per heavy atom. The summed E-state index contributed by atoms with van der Waals surface area (Å²) in [6.07, 6.45) is 11.3. The molecule has 138 valence electrons. The molecule has 0 N–H and O–H groups in total. The zero-order chi connectivity index (χ0) is 18.1. The van der Waals surface area contributed by atoms with Gasteiger partial charge in [0.1, 0.15) is 5.82 Å². The molecule has 2 aliphatic heterocycles. The van der Waals surface area contributed by atoms with Crippen molar-refractivity contribution in [2.45, 2.75) is 25.8 Å². The highest BCUT2D eigenvalue weighted by molar-refractivity contribution is 5.58. The third-order valence-corrected chi connectivity index (χ3v) is 5.59. The van der Waals surface area contributed by atoms with Crippen molar-refractivity contribution in [1.29, 1.82) is 0 Å². The second kappa shape index (κ2) is 7.02. The molecule has 0 radical (unpaired) electrons. The average Bonchev–Trinajstić information content (AvgIpc) is 3.47. The summed E-state index contributed by atoms with van der Waals surface area (Å²) in [5, 5.41) is 0. The van der Waals surface area contributed by atoms with Crippen LogP contribution in [0.25, 0.3) is 11.4 Å². The van der Waals surface area contributed by atoms with E-state index in [4.69, 9.17) is 0 Å². The molecule has 0 bridgehead atoms. The molecule has 1 fully saturated rings. The fraction of sp³-hybridized carbons (Fsp3) is 0.381. The molecule has 0 unspecified atom stereocenters. The number of fused-ring (bicyclic) bond motifs is 1. The predicted molar refractivity (Wildman–Crippen MR) is 107 cm³/mol. The number of hydrogen-bond donors (Lipinski definition) is 0. The van der Waals surface area contributed by atoms with Crippen LogP contribution in [-0.4, -0.2) is 45.7 Å². The van der Waals surface area contributed by atoms with E-state index in [1.54, 1.807) is 0 Å². The minimum atomic E-state index is 0.836. The third-order valence-electron chi connectivity index (χ3n) is 5.59. The lowest BCUT2D eigenvalue weighted by molar-refractivity contribution is 0.672. The molecule has 6 nitrogen and oxygen atoms in total. The highest BCUT2D eigenvalue weighted by Gasteiger charge is 2.19. The number of para-hydroxylation sites is 1. The van der Waals surface area contributed by atoms with Crippen LogP contribution in [0.4, 0.5) is 11.6 Å². The molecule has 3 aromatic rings. The van der Waals surface area contributed by atoms with E-state index in [1.165, 1.54) is 24.1 Å². The number of rotatable bonds is 5. The first-order valence-electron chi connectivity index (χ1n) is 9.80. The molecule has 5 rings (SSSR count). The number of imidazole rings is 1. The summed E-state index contributed by atoms with van der Waals surface area (Å²) < 4.78 is 2.20. The molecule has 27 heavy (non-hydrogen) atoms. The van der Waals surface area contributed by atoms with Gasteiger partial charge in [-0.05, 0) is 30.9 Å². The van der Waals surface area contributed by atoms with Crippen LogP contribution in [0.15, 0.2) is 49.1 Å². The number of anilines is 2. The number of benzene rings is 1. The maximum atomic E-state index is 4.58. The van der Waals surface area contributed by atoms with Gasteiger partial charge in [-0.15, -0.1) is 0 Å². The first kappa shape index (κ1) is 16.3. The maximum Gasteiger partial charge on any atom is 0.225 e. The summed E-state index contributed by atoms with van der Waals surface area (Å²) in [6, 6.07) is 8.71. The van der Waals surface area contributed by atoms with Crippen molar-refractivity contribution in [3.63, 3.8) is 0 Å². The van der Waals surface area contributed by atoms with Crippen molar-refractivity contribution in [3.05, 3.63) is 54.6 Å². The van der Waals surface area contributed by atoms with Crippen LogP contribution in [0.5, 0.6) is 0 Å². The van der Waals surface area contributed by atoms with Gasteiger partial charge >= 0.3 is 0 Å². The molecule has 4 heterocycles. The van der Waals surface area contributed by atoms with Crippen LogP contribution in [0.3, 0.4) is 0 Å². The van der Waals surface area contributed by atoms with Crippen LogP contribution in [0.1, 0.15) is 18.4 Å². The van der Waals surface area contributed by atoms with Crippen molar-refractivity contribution in [1.82, 2.24) is 19.5 Å². The van der Waals surface area contributed by atoms with Crippen LogP contribution < -0.4 is 9.80 Å². The molecule has 0 saturated carbocycles. The second-order valence-corrected chi connectivity index (χ2v) is 7.28.